The summed E-state index contributed by atoms with van der Waals surface area (Å²) in [6, 6.07) is 1.57. The molecule has 0 saturated carbocycles. The van der Waals surface area contributed by atoms with Gasteiger partial charge in [-0.15, -0.1) is 0 Å². The molecule has 0 atom stereocenters. The van der Waals surface area contributed by atoms with Crippen molar-refractivity contribution >= 4 is 5.97 Å². The number of aryl methyl sites for hydroxylation is 1. The van der Waals surface area contributed by atoms with Crippen LogP contribution in [-0.2, 0) is 14.9 Å². The minimum atomic E-state index is -0.395. The Morgan fingerprint density at radius 1 is 1.30 bits per heavy atom. The molecule has 0 fully saturated rings. The van der Waals surface area contributed by atoms with E-state index in [4.69, 9.17) is 4.74 Å². The molecule has 112 valence electrons. The van der Waals surface area contributed by atoms with Crippen LogP contribution in [0.2, 0.25) is 0 Å². The highest BCUT2D eigenvalue weighted by Gasteiger charge is 2.28. The predicted octanol–water partition coefficient (Wildman–Crippen LogP) is 3.34. The van der Waals surface area contributed by atoms with Crippen LogP contribution < -0.4 is 0 Å². The number of carbonyl (C=O) groups excluding carboxylic acids is 1. The summed E-state index contributed by atoms with van der Waals surface area (Å²) in [5, 5.41) is 20.2. The summed E-state index contributed by atoms with van der Waals surface area (Å²) < 4.78 is 5.10. The summed E-state index contributed by atoms with van der Waals surface area (Å²) in [6.07, 6.45) is 0.936. The fourth-order valence-corrected chi connectivity index (χ4v) is 2.45. The van der Waals surface area contributed by atoms with Crippen LogP contribution in [0, 0.1) is 13.8 Å². The number of hydrogen-bond donors (Lipinski definition) is 2. The summed E-state index contributed by atoms with van der Waals surface area (Å²) >= 11 is 0. The van der Waals surface area contributed by atoms with Gasteiger partial charge >= 0.3 is 5.97 Å². The van der Waals surface area contributed by atoms with Crippen LogP contribution in [0.3, 0.4) is 0 Å². The first-order valence-corrected chi connectivity index (χ1v) is 6.89. The second-order valence-corrected chi connectivity index (χ2v) is 5.77. The first kappa shape index (κ1) is 16.3. The standard InChI is InChI=1S/C16H24O4/c1-6-13(18)20-8-7-16(4,5)14-11(3)15(19)10(2)9-12(14)17/h9,17,19H,6-8H2,1-5H3. The molecule has 20 heavy (non-hydrogen) atoms. The molecule has 0 aliphatic rings. The van der Waals surface area contributed by atoms with Gasteiger partial charge in [0, 0.05) is 12.0 Å². The molecule has 0 bridgehead atoms. The second-order valence-electron chi connectivity index (χ2n) is 5.77. The van der Waals surface area contributed by atoms with E-state index in [0.29, 0.717) is 36.1 Å². The maximum atomic E-state index is 11.2. The third kappa shape index (κ3) is 3.44. The van der Waals surface area contributed by atoms with Crippen molar-refractivity contribution < 1.29 is 19.7 Å². The number of phenols is 2. The van der Waals surface area contributed by atoms with E-state index >= 15 is 0 Å². The fraction of sp³-hybridized carbons (Fsp3) is 0.562. The lowest BCUT2D eigenvalue weighted by Gasteiger charge is -2.28. The van der Waals surface area contributed by atoms with Crippen LogP contribution in [0.1, 0.15) is 50.3 Å². The van der Waals surface area contributed by atoms with Gasteiger partial charge in [0.1, 0.15) is 11.5 Å². The minimum Gasteiger partial charge on any atom is -0.508 e. The molecule has 0 aromatic heterocycles. The van der Waals surface area contributed by atoms with E-state index in [1.807, 2.05) is 13.8 Å². The summed E-state index contributed by atoms with van der Waals surface area (Å²) in [4.78, 5) is 11.2. The highest BCUT2D eigenvalue weighted by Crippen LogP contribution is 2.41. The average Bonchev–Trinajstić information content (AvgIpc) is 2.35. The van der Waals surface area contributed by atoms with Crippen LogP contribution in [0.5, 0.6) is 11.5 Å². The molecule has 1 aromatic rings. The zero-order chi connectivity index (χ0) is 15.5. The Morgan fingerprint density at radius 3 is 2.45 bits per heavy atom. The van der Waals surface area contributed by atoms with Crippen LogP contribution in [-0.4, -0.2) is 22.8 Å². The Morgan fingerprint density at radius 2 is 1.90 bits per heavy atom. The van der Waals surface area contributed by atoms with Crippen LogP contribution >= 0.6 is 0 Å². The topological polar surface area (TPSA) is 66.8 Å². The smallest absolute Gasteiger partial charge is 0.305 e. The van der Waals surface area contributed by atoms with Gasteiger partial charge in [-0.05, 0) is 42.9 Å². The number of benzene rings is 1. The molecule has 1 aromatic carbocycles. The van der Waals surface area contributed by atoms with Gasteiger partial charge in [-0.3, -0.25) is 4.79 Å². The summed E-state index contributed by atoms with van der Waals surface area (Å²) in [5.74, 6) is 0.148. The van der Waals surface area contributed by atoms with Gasteiger partial charge in [0.25, 0.3) is 0 Å². The highest BCUT2D eigenvalue weighted by atomic mass is 16.5. The Hall–Kier alpha value is -1.71. The molecule has 0 aliphatic carbocycles. The number of ether oxygens (including phenoxy) is 1. The van der Waals surface area contributed by atoms with Crippen molar-refractivity contribution in [3.63, 3.8) is 0 Å². The van der Waals surface area contributed by atoms with Gasteiger partial charge in [0.2, 0.25) is 0 Å². The van der Waals surface area contributed by atoms with E-state index in [-0.39, 0.29) is 17.5 Å². The first-order chi connectivity index (χ1) is 9.20. The summed E-state index contributed by atoms with van der Waals surface area (Å²) in [7, 11) is 0. The molecule has 0 saturated heterocycles. The average molecular weight is 280 g/mol. The molecular formula is C16H24O4. The summed E-state index contributed by atoms with van der Waals surface area (Å²) in [5.41, 5.74) is 1.63. The molecule has 4 nitrogen and oxygen atoms in total. The van der Waals surface area contributed by atoms with Crippen molar-refractivity contribution in [2.24, 2.45) is 0 Å². The molecule has 4 heteroatoms. The zero-order valence-electron chi connectivity index (χ0n) is 12.9. The maximum absolute atomic E-state index is 11.2. The van der Waals surface area contributed by atoms with E-state index in [9.17, 15) is 15.0 Å². The van der Waals surface area contributed by atoms with Gasteiger partial charge in [-0.1, -0.05) is 20.8 Å². The number of rotatable bonds is 5. The molecular weight excluding hydrogens is 256 g/mol. The van der Waals surface area contributed by atoms with Gasteiger partial charge < -0.3 is 14.9 Å². The largest absolute Gasteiger partial charge is 0.508 e. The van der Waals surface area contributed by atoms with Crippen molar-refractivity contribution in [2.45, 2.75) is 52.9 Å². The maximum Gasteiger partial charge on any atom is 0.305 e. The summed E-state index contributed by atoms with van der Waals surface area (Å²) in [6.45, 7) is 9.51. The monoisotopic (exact) mass is 280 g/mol. The van der Waals surface area contributed by atoms with Gasteiger partial charge in [-0.2, -0.15) is 0 Å². The van der Waals surface area contributed by atoms with E-state index in [1.165, 1.54) is 0 Å². The van der Waals surface area contributed by atoms with Gasteiger partial charge in [-0.25, -0.2) is 0 Å². The zero-order valence-corrected chi connectivity index (χ0v) is 12.9. The van der Waals surface area contributed by atoms with Gasteiger partial charge in [0.05, 0.1) is 6.61 Å². The van der Waals surface area contributed by atoms with Gasteiger partial charge in [0.15, 0.2) is 0 Å². The van der Waals surface area contributed by atoms with E-state index in [1.54, 1.807) is 26.8 Å². The Balaban J connectivity index is 2.98. The lowest BCUT2D eigenvalue weighted by atomic mass is 9.78. The number of hydrogen-bond acceptors (Lipinski definition) is 4. The molecule has 2 N–H and O–H groups in total. The second kappa shape index (κ2) is 6.16. The van der Waals surface area contributed by atoms with Crippen LogP contribution in [0.4, 0.5) is 0 Å². The van der Waals surface area contributed by atoms with Crippen molar-refractivity contribution in [1.29, 1.82) is 0 Å². The molecule has 0 amide bonds. The predicted molar refractivity (Wildman–Crippen MR) is 78.1 cm³/mol. The van der Waals surface area contributed by atoms with Crippen LogP contribution in [0.15, 0.2) is 6.07 Å². The highest BCUT2D eigenvalue weighted by molar-refractivity contribution is 5.68. The van der Waals surface area contributed by atoms with E-state index < -0.39 is 5.41 Å². The van der Waals surface area contributed by atoms with Crippen molar-refractivity contribution in [3.05, 3.63) is 22.8 Å². The molecule has 0 unspecified atom stereocenters. The third-order valence-corrected chi connectivity index (χ3v) is 3.67. The van der Waals surface area contributed by atoms with Crippen LogP contribution in [0.25, 0.3) is 0 Å². The number of phenolic OH excluding ortho intramolecular Hbond substituents is 2. The lowest BCUT2D eigenvalue weighted by molar-refractivity contribution is -0.143. The molecule has 1 rings (SSSR count). The van der Waals surface area contributed by atoms with Crippen molar-refractivity contribution in [2.75, 3.05) is 6.61 Å². The Kier molecular flexibility index (Phi) is 5.03. The van der Waals surface area contributed by atoms with Crippen molar-refractivity contribution in [1.82, 2.24) is 0 Å². The first-order valence-electron chi connectivity index (χ1n) is 6.89. The minimum absolute atomic E-state index is 0.171. The molecule has 0 aliphatic heterocycles. The third-order valence-electron chi connectivity index (χ3n) is 3.67. The molecule has 0 heterocycles. The van der Waals surface area contributed by atoms with E-state index in [0.717, 1.165) is 0 Å². The number of aromatic hydroxyl groups is 2. The molecule has 0 radical (unpaired) electrons. The van der Waals surface area contributed by atoms with Crippen molar-refractivity contribution in [3.8, 4) is 11.5 Å². The quantitative estimate of drug-likeness (QED) is 0.641. The number of esters is 1. The lowest BCUT2D eigenvalue weighted by Crippen LogP contribution is -2.22. The van der Waals surface area contributed by atoms with E-state index in [2.05, 4.69) is 0 Å². The molecule has 0 spiro atoms. The number of carbonyl (C=O) groups is 1. The Bertz CT molecular complexity index is 504. The Labute approximate surface area is 120 Å². The SMILES string of the molecule is CCC(=O)OCCC(C)(C)c1c(O)cc(C)c(O)c1C. The normalized spacial score (nSPS) is 11.4. The fourth-order valence-electron chi connectivity index (χ4n) is 2.45.